The maximum absolute atomic E-state index is 13.1. The average molecular weight is 275 g/mol. The summed E-state index contributed by atoms with van der Waals surface area (Å²) < 4.78 is 13.1. The maximum atomic E-state index is 13.1. The van der Waals surface area contributed by atoms with Gasteiger partial charge in [0.25, 0.3) is 0 Å². The molecule has 94 valence electrons. The minimum absolute atomic E-state index is 0.165. The van der Waals surface area contributed by atoms with E-state index in [4.69, 9.17) is 11.6 Å². The minimum Gasteiger partial charge on any atom is -0.508 e. The predicted octanol–water partition coefficient (Wildman–Crippen LogP) is 3.79. The number of phenolic OH excluding ortho intramolecular Hbond substituents is 1. The smallest absolute Gasteiger partial charge is 0.161 e. The third-order valence-electron chi connectivity index (χ3n) is 2.74. The van der Waals surface area contributed by atoms with E-state index in [0.717, 1.165) is 5.56 Å². The maximum Gasteiger partial charge on any atom is 0.161 e. The van der Waals surface area contributed by atoms with Gasteiger partial charge in [0, 0.05) is 10.9 Å². The zero-order valence-electron chi connectivity index (χ0n) is 9.64. The van der Waals surface area contributed by atoms with Crippen LogP contribution in [0.4, 0.5) is 4.39 Å². The van der Waals surface area contributed by atoms with E-state index in [1.54, 1.807) is 30.3 Å². The topological polar surface area (TPSA) is 46.0 Å². The Hall–Kier alpha value is -2.20. The van der Waals surface area contributed by atoms with Crippen molar-refractivity contribution >= 4 is 22.5 Å². The van der Waals surface area contributed by atoms with Crippen LogP contribution in [0.5, 0.6) is 5.75 Å². The molecule has 1 aromatic heterocycles. The van der Waals surface area contributed by atoms with Crippen molar-refractivity contribution in [3.05, 3.63) is 53.4 Å². The molecule has 19 heavy (non-hydrogen) atoms. The van der Waals surface area contributed by atoms with E-state index in [-0.39, 0.29) is 16.7 Å². The highest BCUT2D eigenvalue weighted by atomic mass is 35.5. The van der Waals surface area contributed by atoms with Crippen molar-refractivity contribution in [1.29, 1.82) is 0 Å². The van der Waals surface area contributed by atoms with Crippen LogP contribution in [-0.2, 0) is 0 Å². The van der Waals surface area contributed by atoms with E-state index in [9.17, 15) is 9.50 Å². The van der Waals surface area contributed by atoms with Gasteiger partial charge in [0.2, 0.25) is 0 Å². The number of nitrogens with zero attached hydrogens (tertiary/aromatic N) is 2. The summed E-state index contributed by atoms with van der Waals surface area (Å²) in [6.07, 6.45) is 0. The highest BCUT2D eigenvalue weighted by molar-refractivity contribution is 6.34. The zero-order valence-corrected chi connectivity index (χ0v) is 10.4. The van der Waals surface area contributed by atoms with Gasteiger partial charge in [0.15, 0.2) is 5.82 Å². The quantitative estimate of drug-likeness (QED) is 0.687. The van der Waals surface area contributed by atoms with Gasteiger partial charge in [0.05, 0.1) is 5.52 Å². The van der Waals surface area contributed by atoms with E-state index >= 15 is 0 Å². The Morgan fingerprint density at radius 2 is 1.74 bits per heavy atom. The summed E-state index contributed by atoms with van der Waals surface area (Å²) in [6.45, 7) is 0. The highest BCUT2D eigenvalue weighted by Crippen LogP contribution is 2.26. The van der Waals surface area contributed by atoms with Crippen molar-refractivity contribution in [2.45, 2.75) is 0 Å². The number of aromatic hydroxyl groups is 1. The minimum atomic E-state index is -0.379. The van der Waals surface area contributed by atoms with Gasteiger partial charge >= 0.3 is 0 Å². The van der Waals surface area contributed by atoms with Gasteiger partial charge in [-0.1, -0.05) is 11.6 Å². The standard InChI is InChI=1S/C14H8ClFN2O/c15-13-11-7-9(16)3-6-12(11)17-14(18-13)8-1-4-10(19)5-2-8/h1-7,19H. The monoisotopic (exact) mass is 274 g/mol. The van der Waals surface area contributed by atoms with E-state index in [2.05, 4.69) is 9.97 Å². The SMILES string of the molecule is Oc1ccc(-c2nc(Cl)c3cc(F)ccc3n2)cc1. The van der Waals surface area contributed by atoms with Crippen LogP contribution >= 0.6 is 11.6 Å². The van der Waals surface area contributed by atoms with Crippen molar-refractivity contribution < 1.29 is 9.50 Å². The molecule has 0 aliphatic rings. The van der Waals surface area contributed by atoms with Crippen LogP contribution in [0.15, 0.2) is 42.5 Å². The molecule has 1 N–H and O–H groups in total. The molecular formula is C14H8ClFN2O. The lowest BCUT2D eigenvalue weighted by Crippen LogP contribution is -1.92. The van der Waals surface area contributed by atoms with Gasteiger partial charge in [-0.2, -0.15) is 0 Å². The highest BCUT2D eigenvalue weighted by Gasteiger charge is 2.08. The molecule has 3 nitrogen and oxygen atoms in total. The van der Waals surface area contributed by atoms with Crippen molar-refractivity contribution in [2.24, 2.45) is 0 Å². The number of rotatable bonds is 1. The lowest BCUT2D eigenvalue weighted by atomic mass is 10.2. The number of aromatic nitrogens is 2. The first-order valence-electron chi connectivity index (χ1n) is 5.56. The molecule has 3 aromatic rings. The second-order valence-corrected chi connectivity index (χ2v) is 4.40. The van der Waals surface area contributed by atoms with E-state index < -0.39 is 0 Å². The van der Waals surface area contributed by atoms with Crippen molar-refractivity contribution in [3.63, 3.8) is 0 Å². The van der Waals surface area contributed by atoms with Crippen LogP contribution < -0.4 is 0 Å². The largest absolute Gasteiger partial charge is 0.508 e. The van der Waals surface area contributed by atoms with Crippen LogP contribution in [-0.4, -0.2) is 15.1 Å². The molecule has 0 bridgehead atoms. The Morgan fingerprint density at radius 1 is 1.00 bits per heavy atom. The molecule has 5 heteroatoms. The van der Waals surface area contributed by atoms with Gasteiger partial charge in [0.1, 0.15) is 16.7 Å². The molecule has 0 spiro atoms. The molecular weight excluding hydrogens is 267 g/mol. The van der Waals surface area contributed by atoms with Crippen molar-refractivity contribution in [2.75, 3.05) is 0 Å². The summed E-state index contributed by atoms with van der Waals surface area (Å²) >= 11 is 6.05. The van der Waals surface area contributed by atoms with E-state index in [1.165, 1.54) is 12.1 Å². The molecule has 0 saturated heterocycles. The van der Waals surface area contributed by atoms with Gasteiger partial charge in [-0.3, -0.25) is 0 Å². The summed E-state index contributed by atoms with van der Waals surface area (Å²) in [4.78, 5) is 8.48. The van der Waals surface area contributed by atoms with E-state index in [1.807, 2.05) is 0 Å². The Labute approximate surface area is 113 Å². The number of phenols is 1. The molecule has 0 aliphatic heterocycles. The Morgan fingerprint density at radius 3 is 2.47 bits per heavy atom. The molecule has 3 rings (SSSR count). The van der Waals surface area contributed by atoms with Crippen LogP contribution in [0, 0.1) is 5.82 Å². The first-order chi connectivity index (χ1) is 9.13. The molecule has 0 unspecified atom stereocenters. The summed E-state index contributed by atoms with van der Waals surface area (Å²) in [6, 6.07) is 10.7. The summed E-state index contributed by atoms with van der Waals surface area (Å²) in [5.74, 6) is 0.220. The second kappa shape index (κ2) is 4.48. The van der Waals surface area contributed by atoms with Gasteiger partial charge in [-0.15, -0.1) is 0 Å². The fraction of sp³-hybridized carbons (Fsp3) is 0. The van der Waals surface area contributed by atoms with E-state index in [0.29, 0.717) is 16.7 Å². The van der Waals surface area contributed by atoms with Crippen molar-refractivity contribution in [1.82, 2.24) is 9.97 Å². The number of hydrogen-bond acceptors (Lipinski definition) is 3. The van der Waals surface area contributed by atoms with Crippen LogP contribution in [0.1, 0.15) is 0 Å². The Kier molecular flexibility index (Phi) is 2.80. The fourth-order valence-electron chi connectivity index (χ4n) is 1.80. The molecule has 0 radical (unpaired) electrons. The Balaban J connectivity index is 2.20. The summed E-state index contributed by atoms with van der Waals surface area (Å²) in [5.41, 5.74) is 1.30. The van der Waals surface area contributed by atoms with Gasteiger partial charge in [-0.05, 0) is 42.5 Å². The molecule has 0 amide bonds. The van der Waals surface area contributed by atoms with Gasteiger partial charge < -0.3 is 5.11 Å². The van der Waals surface area contributed by atoms with Crippen LogP contribution in [0.25, 0.3) is 22.3 Å². The number of fused-ring (bicyclic) bond motifs is 1. The first-order valence-corrected chi connectivity index (χ1v) is 5.93. The average Bonchev–Trinajstić information content (AvgIpc) is 2.40. The molecule has 0 fully saturated rings. The Bertz CT molecular complexity index is 759. The third-order valence-corrected chi connectivity index (χ3v) is 3.02. The molecule has 0 atom stereocenters. The normalized spacial score (nSPS) is 10.8. The number of hydrogen-bond donors (Lipinski definition) is 1. The first kappa shape index (κ1) is 11.9. The predicted molar refractivity (Wildman–Crippen MR) is 71.6 cm³/mol. The molecule has 1 heterocycles. The molecule has 0 aliphatic carbocycles. The van der Waals surface area contributed by atoms with Crippen LogP contribution in [0.3, 0.4) is 0 Å². The van der Waals surface area contributed by atoms with Crippen LogP contribution in [0.2, 0.25) is 5.15 Å². The number of benzene rings is 2. The molecule has 2 aromatic carbocycles. The summed E-state index contributed by atoms with van der Waals surface area (Å²) in [7, 11) is 0. The second-order valence-electron chi connectivity index (χ2n) is 4.05. The summed E-state index contributed by atoms with van der Waals surface area (Å²) in [5, 5.41) is 9.93. The lowest BCUT2D eigenvalue weighted by Gasteiger charge is -2.05. The zero-order chi connectivity index (χ0) is 13.4. The third kappa shape index (κ3) is 2.22. The van der Waals surface area contributed by atoms with Crippen molar-refractivity contribution in [3.8, 4) is 17.1 Å². The fourth-order valence-corrected chi connectivity index (χ4v) is 2.03. The van der Waals surface area contributed by atoms with Gasteiger partial charge in [-0.25, -0.2) is 14.4 Å². The number of halogens is 2. The lowest BCUT2D eigenvalue weighted by molar-refractivity contribution is 0.475. The molecule has 0 saturated carbocycles.